The topological polar surface area (TPSA) is 29.3 Å². The number of nitrogens with two attached hydrogens (primary N) is 1. The fourth-order valence-electron chi connectivity index (χ4n) is 1.85. The molecule has 0 unspecified atom stereocenters. The number of rotatable bonds is 6. The molecule has 0 aliphatic heterocycles. The van der Waals surface area contributed by atoms with Crippen molar-refractivity contribution >= 4 is 21.6 Å². The first-order chi connectivity index (χ1) is 8.06. The summed E-state index contributed by atoms with van der Waals surface area (Å²) in [6.07, 6.45) is 3.81. The van der Waals surface area contributed by atoms with Crippen LogP contribution in [0.1, 0.15) is 44.7 Å². The minimum absolute atomic E-state index is 0.0730. The summed E-state index contributed by atoms with van der Waals surface area (Å²) in [5.74, 6) is 0. The van der Waals surface area contributed by atoms with Gasteiger partial charge >= 0.3 is 0 Å². The number of hydrogen-bond acceptors (Lipinski definition) is 2. The van der Waals surface area contributed by atoms with Gasteiger partial charge in [0.1, 0.15) is 0 Å². The molecule has 2 N–H and O–H groups in total. The second kappa shape index (κ2) is 7.02. The fraction of sp³-hybridized carbons (Fsp3) is 0.571. The van der Waals surface area contributed by atoms with Crippen molar-refractivity contribution < 1.29 is 0 Å². The molecule has 1 aromatic carbocycles. The molecule has 0 heterocycles. The molecule has 0 aliphatic rings. The van der Waals surface area contributed by atoms with Crippen LogP contribution in [-0.2, 0) is 0 Å². The van der Waals surface area contributed by atoms with Crippen molar-refractivity contribution in [2.75, 3.05) is 18.5 Å². The predicted octanol–water partition coefficient (Wildman–Crippen LogP) is 4.10. The first kappa shape index (κ1) is 14.5. The van der Waals surface area contributed by atoms with Crippen LogP contribution in [0.3, 0.4) is 0 Å². The second-order valence-corrected chi connectivity index (χ2v) is 5.48. The standard InChI is InChI=1S/C14H23BrN2/c1-4-5-6-9-17(3)12-7-8-13(11(2)16)14(15)10-12/h7-8,10-11H,4-6,9,16H2,1-3H3/t11-/m1/s1. The maximum atomic E-state index is 5.90. The molecule has 1 aromatic rings. The van der Waals surface area contributed by atoms with Gasteiger partial charge in [-0.2, -0.15) is 0 Å². The van der Waals surface area contributed by atoms with Gasteiger partial charge in [0.2, 0.25) is 0 Å². The lowest BCUT2D eigenvalue weighted by atomic mass is 10.1. The summed E-state index contributed by atoms with van der Waals surface area (Å²) < 4.78 is 1.10. The molecule has 1 rings (SSSR count). The summed E-state index contributed by atoms with van der Waals surface area (Å²) in [4.78, 5) is 2.30. The lowest BCUT2D eigenvalue weighted by Crippen LogP contribution is -2.18. The number of unbranched alkanes of at least 4 members (excludes halogenated alkanes) is 2. The Balaban J connectivity index is 2.69. The second-order valence-electron chi connectivity index (χ2n) is 4.62. The quantitative estimate of drug-likeness (QED) is 0.801. The molecule has 0 amide bonds. The maximum absolute atomic E-state index is 5.90. The Morgan fingerprint density at radius 1 is 1.35 bits per heavy atom. The molecule has 1 atom stereocenters. The summed E-state index contributed by atoms with van der Waals surface area (Å²) in [6.45, 7) is 5.34. The maximum Gasteiger partial charge on any atom is 0.0375 e. The highest BCUT2D eigenvalue weighted by molar-refractivity contribution is 9.10. The Kier molecular flexibility index (Phi) is 6.00. The highest BCUT2D eigenvalue weighted by atomic mass is 79.9. The number of nitrogens with zero attached hydrogens (tertiary/aromatic N) is 1. The zero-order valence-electron chi connectivity index (χ0n) is 11.0. The van der Waals surface area contributed by atoms with Gasteiger partial charge in [0.25, 0.3) is 0 Å². The molecule has 0 spiro atoms. The lowest BCUT2D eigenvalue weighted by molar-refractivity contribution is 0.705. The Bertz CT molecular complexity index is 350. The Morgan fingerprint density at radius 3 is 2.59 bits per heavy atom. The van der Waals surface area contributed by atoms with Crippen molar-refractivity contribution in [2.24, 2.45) is 5.73 Å². The van der Waals surface area contributed by atoms with Gasteiger partial charge in [-0.15, -0.1) is 0 Å². The molecule has 0 radical (unpaired) electrons. The molecule has 96 valence electrons. The van der Waals surface area contributed by atoms with Crippen LogP contribution in [-0.4, -0.2) is 13.6 Å². The van der Waals surface area contributed by atoms with Gasteiger partial charge < -0.3 is 10.6 Å². The molecular weight excluding hydrogens is 276 g/mol. The highest BCUT2D eigenvalue weighted by Gasteiger charge is 2.07. The van der Waals surface area contributed by atoms with Crippen molar-refractivity contribution in [3.05, 3.63) is 28.2 Å². The van der Waals surface area contributed by atoms with Crippen molar-refractivity contribution in [1.82, 2.24) is 0 Å². The third-order valence-electron chi connectivity index (χ3n) is 3.01. The molecule has 0 saturated carbocycles. The average molecular weight is 299 g/mol. The molecule has 0 saturated heterocycles. The van der Waals surface area contributed by atoms with Crippen LogP contribution in [0.5, 0.6) is 0 Å². The summed E-state index contributed by atoms with van der Waals surface area (Å²) in [5.41, 5.74) is 8.31. The summed E-state index contributed by atoms with van der Waals surface area (Å²) in [5, 5.41) is 0. The van der Waals surface area contributed by atoms with Crippen LogP contribution in [0.15, 0.2) is 22.7 Å². The fourth-order valence-corrected chi connectivity index (χ4v) is 2.58. The largest absolute Gasteiger partial charge is 0.375 e. The van der Waals surface area contributed by atoms with Gasteiger partial charge in [0, 0.05) is 29.8 Å². The molecular formula is C14H23BrN2. The first-order valence-corrected chi connectivity index (χ1v) is 7.11. The van der Waals surface area contributed by atoms with Crippen LogP contribution in [0.2, 0.25) is 0 Å². The van der Waals surface area contributed by atoms with Gasteiger partial charge in [-0.1, -0.05) is 41.8 Å². The van der Waals surface area contributed by atoms with E-state index in [0.29, 0.717) is 0 Å². The van der Waals surface area contributed by atoms with Crippen LogP contribution in [0.25, 0.3) is 0 Å². The number of benzene rings is 1. The number of anilines is 1. The number of halogens is 1. The molecule has 0 bridgehead atoms. The molecule has 2 nitrogen and oxygen atoms in total. The van der Waals surface area contributed by atoms with Gasteiger partial charge in [-0.25, -0.2) is 0 Å². The van der Waals surface area contributed by atoms with Crippen molar-refractivity contribution in [3.63, 3.8) is 0 Å². The summed E-state index contributed by atoms with van der Waals surface area (Å²) in [7, 11) is 2.14. The molecule has 3 heteroatoms. The van der Waals surface area contributed by atoms with E-state index in [2.05, 4.69) is 53.0 Å². The minimum Gasteiger partial charge on any atom is -0.375 e. The minimum atomic E-state index is 0.0730. The summed E-state index contributed by atoms with van der Waals surface area (Å²) in [6, 6.07) is 6.49. The lowest BCUT2D eigenvalue weighted by Gasteiger charge is -2.20. The van der Waals surface area contributed by atoms with Gasteiger partial charge in [0.05, 0.1) is 0 Å². The third kappa shape index (κ3) is 4.32. The third-order valence-corrected chi connectivity index (χ3v) is 3.70. The van der Waals surface area contributed by atoms with E-state index in [9.17, 15) is 0 Å². The van der Waals surface area contributed by atoms with E-state index in [1.54, 1.807) is 0 Å². The predicted molar refractivity (Wildman–Crippen MR) is 79.5 cm³/mol. The van der Waals surface area contributed by atoms with E-state index in [0.717, 1.165) is 16.6 Å². The summed E-state index contributed by atoms with van der Waals surface area (Å²) >= 11 is 3.59. The van der Waals surface area contributed by atoms with E-state index in [-0.39, 0.29) is 6.04 Å². The van der Waals surface area contributed by atoms with Gasteiger partial charge in [0.15, 0.2) is 0 Å². The molecule has 0 aliphatic carbocycles. The van der Waals surface area contributed by atoms with Gasteiger partial charge in [-0.3, -0.25) is 0 Å². The van der Waals surface area contributed by atoms with E-state index >= 15 is 0 Å². The van der Waals surface area contributed by atoms with E-state index in [1.165, 1.54) is 24.9 Å². The highest BCUT2D eigenvalue weighted by Crippen LogP contribution is 2.27. The van der Waals surface area contributed by atoms with Gasteiger partial charge in [-0.05, 0) is 31.0 Å². The monoisotopic (exact) mass is 298 g/mol. The Labute approximate surface area is 113 Å². The van der Waals surface area contributed by atoms with Crippen molar-refractivity contribution in [1.29, 1.82) is 0 Å². The SMILES string of the molecule is CCCCCN(C)c1ccc([C@@H](C)N)c(Br)c1. The molecule has 0 aromatic heterocycles. The normalized spacial score (nSPS) is 12.5. The zero-order chi connectivity index (χ0) is 12.8. The smallest absolute Gasteiger partial charge is 0.0375 e. The van der Waals surface area contributed by atoms with Crippen molar-refractivity contribution in [3.8, 4) is 0 Å². The molecule has 0 fully saturated rings. The molecule has 17 heavy (non-hydrogen) atoms. The van der Waals surface area contributed by atoms with E-state index in [1.807, 2.05) is 6.92 Å². The van der Waals surface area contributed by atoms with Crippen LogP contribution in [0, 0.1) is 0 Å². The Morgan fingerprint density at radius 2 is 2.06 bits per heavy atom. The van der Waals surface area contributed by atoms with Crippen molar-refractivity contribution in [2.45, 2.75) is 39.2 Å². The number of hydrogen-bond donors (Lipinski definition) is 1. The Hall–Kier alpha value is -0.540. The average Bonchev–Trinajstić information content (AvgIpc) is 2.28. The van der Waals surface area contributed by atoms with E-state index in [4.69, 9.17) is 5.73 Å². The van der Waals surface area contributed by atoms with E-state index < -0.39 is 0 Å². The van der Waals surface area contributed by atoms with Crippen LogP contribution < -0.4 is 10.6 Å². The first-order valence-electron chi connectivity index (χ1n) is 6.32. The zero-order valence-corrected chi connectivity index (χ0v) is 12.6. The van der Waals surface area contributed by atoms with Crippen LogP contribution >= 0.6 is 15.9 Å². The van der Waals surface area contributed by atoms with Crippen LogP contribution in [0.4, 0.5) is 5.69 Å².